The molecule has 1 N–H and O–H groups in total. The van der Waals surface area contributed by atoms with E-state index in [1.807, 2.05) is 42.5 Å². The highest BCUT2D eigenvalue weighted by Gasteiger charge is 2.77. The summed E-state index contributed by atoms with van der Waals surface area (Å²) in [5.74, 6) is -1.55. The third-order valence-corrected chi connectivity index (χ3v) is 11.7. The zero-order valence-electron chi connectivity index (χ0n) is 25.4. The predicted octanol–water partition coefficient (Wildman–Crippen LogP) is 6.11. The monoisotopic (exact) mass is 635 g/mol. The van der Waals surface area contributed by atoms with Crippen molar-refractivity contribution in [2.24, 2.45) is 11.8 Å². The molecule has 2 aromatic rings. The molecule has 3 aliphatic heterocycles. The first-order chi connectivity index (χ1) is 21.2. The lowest BCUT2D eigenvalue weighted by Gasteiger charge is -2.38. The van der Waals surface area contributed by atoms with Crippen LogP contribution in [0.5, 0.6) is 0 Å². The SMILES string of the molecule is C=CCN(C(=O)C1N(CCCCCCO)C(=O)[C@@H]2[C@@H](C(=O)N(CC=C)c3ccccc3)[C@@]3(C)CCC12S3)c1ccc(Cl)cc1. The fraction of sp³-hybridized carbons (Fsp3) is 0.457. The van der Waals surface area contributed by atoms with Crippen LogP contribution < -0.4 is 9.80 Å². The average Bonchev–Trinajstić information content (AvgIpc) is 3.59. The second kappa shape index (κ2) is 13.5. The molecule has 1 spiro atoms. The van der Waals surface area contributed by atoms with Crippen molar-refractivity contribution in [2.45, 2.75) is 61.0 Å². The summed E-state index contributed by atoms with van der Waals surface area (Å²) in [7, 11) is 0. The number of aliphatic hydroxyl groups excluding tert-OH is 1. The molecule has 0 saturated carbocycles. The molecule has 234 valence electrons. The summed E-state index contributed by atoms with van der Waals surface area (Å²) in [6, 6.07) is 15.9. The Bertz CT molecular complexity index is 1390. The van der Waals surface area contributed by atoms with E-state index in [4.69, 9.17) is 11.6 Å². The van der Waals surface area contributed by atoms with Gasteiger partial charge in [-0.3, -0.25) is 14.4 Å². The molecule has 3 saturated heterocycles. The van der Waals surface area contributed by atoms with Crippen molar-refractivity contribution in [3.8, 4) is 0 Å². The summed E-state index contributed by atoms with van der Waals surface area (Å²) in [6.07, 6.45) is 7.93. The van der Waals surface area contributed by atoms with Crippen LogP contribution >= 0.6 is 23.4 Å². The number of para-hydroxylation sites is 1. The summed E-state index contributed by atoms with van der Waals surface area (Å²) in [5, 5.41) is 9.82. The van der Waals surface area contributed by atoms with Crippen LogP contribution in [0.25, 0.3) is 0 Å². The number of rotatable bonds is 14. The van der Waals surface area contributed by atoms with E-state index in [2.05, 4.69) is 20.1 Å². The number of likely N-dealkylation sites (tertiary alicyclic amines) is 1. The highest BCUT2D eigenvalue weighted by molar-refractivity contribution is 8.02. The molecule has 0 aromatic heterocycles. The summed E-state index contributed by atoms with van der Waals surface area (Å²) < 4.78 is -1.21. The fourth-order valence-corrected chi connectivity index (χ4v) is 9.99. The number of hydrogen-bond donors (Lipinski definition) is 1. The van der Waals surface area contributed by atoms with Gasteiger partial charge in [0.1, 0.15) is 6.04 Å². The first kappa shape index (κ1) is 32.3. The van der Waals surface area contributed by atoms with Gasteiger partial charge in [-0.2, -0.15) is 0 Å². The lowest BCUT2D eigenvalue weighted by molar-refractivity contribution is -0.139. The number of anilines is 2. The first-order valence-corrected chi connectivity index (χ1v) is 16.7. The number of nitrogens with zero attached hydrogens (tertiary/aromatic N) is 3. The molecule has 3 heterocycles. The van der Waals surface area contributed by atoms with E-state index in [-0.39, 0.29) is 30.9 Å². The third kappa shape index (κ3) is 5.72. The van der Waals surface area contributed by atoms with Gasteiger partial charge in [0.2, 0.25) is 11.8 Å². The zero-order chi connectivity index (χ0) is 31.5. The summed E-state index contributed by atoms with van der Waals surface area (Å²) in [5.41, 5.74) is 1.45. The molecule has 3 amide bonds. The number of amides is 3. The number of aliphatic hydroxyl groups is 1. The number of halogens is 1. The van der Waals surface area contributed by atoms with Gasteiger partial charge in [0.15, 0.2) is 0 Å². The van der Waals surface area contributed by atoms with Gasteiger partial charge < -0.3 is 19.8 Å². The molecule has 44 heavy (non-hydrogen) atoms. The van der Waals surface area contributed by atoms with Crippen molar-refractivity contribution in [3.05, 3.63) is 84.9 Å². The third-order valence-electron chi connectivity index (χ3n) is 9.45. The van der Waals surface area contributed by atoms with Crippen molar-refractivity contribution in [1.82, 2.24) is 4.90 Å². The number of benzene rings is 2. The Morgan fingerprint density at radius 2 is 1.57 bits per heavy atom. The highest BCUT2D eigenvalue weighted by atomic mass is 35.5. The summed E-state index contributed by atoms with van der Waals surface area (Å²) in [6.45, 7) is 11.1. The number of hydrogen-bond acceptors (Lipinski definition) is 5. The lowest BCUT2D eigenvalue weighted by atomic mass is 9.66. The Hall–Kier alpha value is -3.07. The Labute approximate surface area is 269 Å². The van der Waals surface area contributed by atoms with Crippen molar-refractivity contribution in [3.63, 3.8) is 0 Å². The van der Waals surface area contributed by atoms with Crippen LogP contribution in [0.2, 0.25) is 5.02 Å². The van der Waals surface area contributed by atoms with Crippen LogP contribution in [-0.4, -0.2) is 69.5 Å². The Kier molecular flexibility index (Phi) is 9.93. The van der Waals surface area contributed by atoms with E-state index in [1.54, 1.807) is 50.7 Å². The molecule has 0 radical (unpaired) electrons. The van der Waals surface area contributed by atoms with E-state index in [1.165, 1.54) is 0 Å². The standard InChI is InChI=1S/C35H42ClN3O4S/c1-4-21-37(26-13-9-8-10-14-26)31(41)28-29-32(42)39(23-11-6-7-12-24-40)30(35(29)20-19-34(28,3)44-35)33(43)38(22-5-2)27-17-15-25(36)16-18-27/h4-5,8-10,13-18,28-30,40H,1-2,6-7,11-12,19-24H2,3H3/t28-,29-,30?,34+,35?/m0/s1. The molecular weight excluding hydrogens is 594 g/mol. The number of unbranched alkanes of at least 4 members (excludes halogenated alkanes) is 3. The van der Waals surface area contributed by atoms with Crippen LogP contribution in [0.3, 0.4) is 0 Å². The van der Waals surface area contributed by atoms with Crippen molar-refractivity contribution in [2.75, 3.05) is 36.0 Å². The molecule has 2 unspecified atom stereocenters. The maximum Gasteiger partial charge on any atom is 0.251 e. The maximum atomic E-state index is 14.8. The van der Waals surface area contributed by atoms with Crippen LogP contribution in [0.1, 0.15) is 45.4 Å². The highest BCUT2D eigenvalue weighted by Crippen LogP contribution is 2.71. The second-order valence-electron chi connectivity index (χ2n) is 12.2. The van der Waals surface area contributed by atoms with Crippen LogP contribution in [0.4, 0.5) is 11.4 Å². The fourth-order valence-electron chi connectivity index (χ4n) is 7.52. The van der Waals surface area contributed by atoms with Gasteiger partial charge in [-0.05, 0) is 69.0 Å². The van der Waals surface area contributed by atoms with Crippen LogP contribution in [0.15, 0.2) is 79.9 Å². The van der Waals surface area contributed by atoms with E-state index >= 15 is 0 Å². The smallest absolute Gasteiger partial charge is 0.251 e. The molecule has 7 nitrogen and oxygen atoms in total. The van der Waals surface area contributed by atoms with E-state index in [9.17, 15) is 19.5 Å². The van der Waals surface area contributed by atoms with Crippen molar-refractivity contribution in [1.29, 1.82) is 0 Å². The van der Waals surface area contributed by atoms with Crippen molar-refractivity contribution < 1.29 is 19.5 Å². The normalized spacial score (nSPS) is 26.8. The number of carbonyl (C=O) groups excluding carboxylic acids is 3. The van der Waals surface area contributed by atoms with Gasteiger partial charge in [0.05, 0.1) is 16.6 Å². The molecule has 0 aliphatic carbocycles. The van der Waals surface area contributed by atoms with E-state index in [0.29, 0.717) is 43.1 Å². The van der Waals surface area contributed by atoms with Crippen molar-refractivity contribution >= 4 is 52.5 Å². The minimum absolute atomic E-state index is 0.0948. The van der Waals surface area contributed by atoms with Gasteiger partial charge in [-0.1, -0.05) is 54.8 Å². The maximum absolute atomic E-state index is 14.8. The van der Waals surface area contributed by atoms with Gasteiger partial charge in [0.25, 0.3) is 5.91 Å². The second-order valence-corrected chi connectivity index (χ2v) is 14.5. The minimum Gasteiger partial charge on any atom is -0.396 e. The van der Waals surface area contributed by atoms with Crippen LogP contribution in [0, 0.1) is 11.8 Å². The Morgan fingerprint density at radius 3 is 2.20 bits per heavy atom. The number of fused-ring (bicyclic) bond motifs is 1. The molecule has 2 aromatic carbocycles. The molecule has 5 rings (SSSR count). The minimum atomic E-state index is -0.725. The van der Waals surface area contributed by atoms with E-state index < -0.39 is 27.4 Å². The topological polar surface area (TPSA) is 81.2 Å². The number of thioether (sulfide) groups is 1. The molecule has 2 bridgehead atoms. The van der Waals surface area contributed by atoms with Gasteiger partial charge >= 0.3 is 0 Å². The molecular formula is C35H42ClN3O4S. The summed E-state index contributed by atoms with van der Waals surface area (Å²) >= 11 is 7.85. The molecule has 5 atom stereocenters. The lowest BCUT2D eigenvalue weighted by Crippen LogP contribution is -2.55. The largest absolute Gasteiger partial charge is 0.396 e. The Balaban J connectivity index is 1.55. The number of carbonyl (C=O) groups is 3. The first-order valence-electron chi connectivity index (χ1n) is 15.5. The predicted molar refractivity (Wildman–Crippen MR) is 179 cm³/mol. The Morgan fingerprint density at radius 1 is 0.955 bits per heavy atom. The summed E-state index contributed by atoms with van der Waals surface area (Å²) in [4.78, 5) is 49.2. The van der Waals surface area contributed by atoms with E-state index in [0.717, 1.165) is 24.9 Å². The van der Waals surface area contributed by atoms with Crippen LogP contribution in [-0.2, 0) is 14.4 Å². The molecule has 9 heteroatoms. The van der Waals surface area contributed by atoms with Gasteiger partial charge in [0, 0.05) is 47.4 Å². The van der Waals surface area contributed by atoms with Gasteiger partial charge in [-0.15, -0.1) is 24.9 Å². The molecule has 3 aliphatic rings. The zero-order valence-corrected chi connectivity index (χ0v) is 26.9. The molecule has 3 fully saturated rings. The average molecular weight is 636 g/mol. The van der Waals surface area contributed by atoms with Gasteiger partial charge in [-0.25, -0.2) is 0 Å². The quantitative estimate of drug-likeness (QED) is 0.200.